The predicted octanol–water partition coefficient (Wildman–Crippen LogP) is 3.13. The summed E-state index contributed by atoms with van der Waals surface area (Å²) in [4.78, 5) is 25.9. The minimum Gasteiger partial charge on any atom is -0.488 e. The van der Waals surface area contributed by atoms with Crippen LogP contribution < -0.4 is 10.1 Å². The van der Waals surface area contributed by atoms with Crippen molar-refractivity contribution in [2.24, 2.45) is 0 Å². The van der Waals surface area contributed by atoms with Crippen molar-refractivity contribution in [1.82, 2.24) is 10.2 Å². The number of benzene rings is 2. The van der Waals surface area contributed by atoms with E-state index in [1.54, 1.807) is 35.2 Å². The van der Waals surface area contributed by atoms with E-state index in [2.05, 4.69) is 5.32 Å². The maximum Gasteiger partial charge on any atom is 0.255 e. The van der Waals surface area contributed by atoms with Crippen LogP contribution in [0.5, 0.6) is 5.75 Å². The van der Waals surface area contributed by atoms with Gasteiger partial charge in [0.2, 0.25) is 5.91 Å². The highest BCUT2D eigenvalue weighted by molar-refractivity contribution is 6.42. The van der Waals surface area contributed by atoms with Crippen molar-refractivity contribution in [3.63, 3.8) is 0 Å². The van der Waals surface area contributed by atoms with Gasteiger partial charge in [0.15, 0.2) is 0 Å². The maximum absolute atomic E-state index is 12.9. The number of aliphatic hydroxyl groups excluding tert-OH is 1. The van der Waals surface area contributed by atoms with Gasteiger partial charge < -0.3 is 20.1 Å². The first-order valence-electron chi connectivity index (χ1n) is 8.91. The number of carbonyl (C=O) groups excluding carboxylic acids is 2. The van der Waals surface area contributed by atoms with Gasteiger partial charge >= 0.3 is 0 Å². The van der Waals surface area contributed by atoms with Gasteiger partial charge in [0, 0.05) is 23.1 Å². The van der Waals surface area contributed by atoms with Gasteiger partial charge in [0.05, 0.1) is 22.6 Å². The Balaban J connectivity index is 1.54. The summed E-state index contributed by atoms with van der Waals surface area (Å²) in [5.74, 6) is 0.190. The van der Waals surface area contributed by atoms with E-state index in [0.29, 0.717) is 34.3 Å². The third-order valence-electron chi connectivity index (χ3n) is 5.11. The number of aliphatic hydroxyl groups is 1. The first-order chi connectivity index (χ1) is 13.5. The number of hydrogen-bond donors (Lipinski definition) is 2. The molecule has 1 fully saturated rings. The number of carbonyl (C=O) groups is 2. The molecule has 4 rings (SSSR count). The summed E-state index contributed by atoms with van der Waals surface area (Å²) in [6.45, 7) is 0.525. The van der Waals surface area contributed by atoms with Crippen molar-refractivity contribution in [1.29, 1.82) is 0 Å². The van der Waals surface area contributed by atoms with Crippen LogP contribution in [-0.2, 0) is 17.9 Å². The van der Waals surface area contributed by atoms with E-state index in [1.165, 1.54) is 0 Å². The number of nitrogens with zero attached hydrogens (tertiary/aromatic N) is 1. The molecule has 0 bridgehead atoms. The average Bonchev–Trinajstić information content (AvgIpc) is 3.00. The highest BCUT2D eigenvalue weighted by Gasteiger charge is 2.40. The van der Waals surface area contributed by atoms with Crippen molar-refractivity contribution < 1.29 is 19.4 Å². The molecule has 0 aromatic heterocycles. The molecule has 2 atom stereocenters. The van der Waals surface area contributed by atoms with E-state index >= 15 is 0 Å². The van der Waals surface area contributed by atoms with Gasteiger partial charge in [-0.2, -0.15) is 0 Å². The quantitative estimate of drug-likeness (QED) is 0.795. The highest BCUT2D eigenvalue weighted by atomic mass is 35.5. The molecule has 8 heteroatoms. The van der Waals surface area contributed by atoms with Crippen LogP contribution in [0.1, 0.15) is 34.3 Å². The lowest BCUT2D eigenvalue weighted by molar-refractivity contribution is -0.129. The summed E-state index contributed by atoms with van der Waals surface area (Å²) in [6.07, 6.45) is -0.381. The fourth-order valence-electron chi connectivity index (χ4n) is 3.64. The molecule has 146 valence electrons. The van der Waals surface area contributed by atoms with Crippen LogP contribution in [0.3, 0.4) is 0 Å². The molecule has 2 N–H and O–H groups in total. The molecule has 0 spiro atoms. The molecule has 2 aliphatic heterocycles. The fraction of sp³-hybridized carbons (Fsp3) is 0.300. The van der Waals surface area contributed by atoms with E-state index in [4.69, 9.17) is 27.9 Å². The zero-order valence-corrected chi connectivity index (χ0v) is 16.3. The molecule has 2 aliphatic rings. The van der Waals surface area contributed by atoms with Crippen molar-refractivity contribution >= 4 is 35.0 Å². The molecule has 2 aromatic carbocycles. The van der Waals surface area contributed by atoms with E-state index in [0.717, 1.165) is 11.1 Å². The largest absolute Gasteiger partial charge is 0.488 e. The summed E-state index contributed by atoms with van der Waals surface area (Å²) in [6, 6.07) is 10.2. The molecule has 0 radical (unpaired) electrons. The number of halogens is 2. The van der Waals surface area contributed by atoms with E-state index in [1.807, 2.05) is 6.07 Å². The van der Waals surface area contributed by atoms with E-state index in [9.17, 15) is 14.7 Å². The summed E-state index contributed by atoms with van der Waals surface area (Å²) in [5.41, 5.74) is 2.05. The molecular formula is C20H18Cl2N2O4. The van der Waals surface area contributed by atoms with Crippen LogP contribution in [0.25, 0.3) is 0 Å². The van der Waals surface area contributed by atoms with Gasteiger partial charge in [-0.1, -0.05) is 41.4 Å². The smallest absolute Gasteiger partial charge is 0.255 e. The zero-order valence-electron chi connectivity index (χ0n) is 14.8. The molecule has 0 saturated carbocycles. The molecule has 2 aromatic rings. The topological polar surface area (TPSA) is 78.9 Å². The van der Waals surface area contributed by atoms with Gasteiger partial charge in [-0.05, 0) is 24.6 Å². The number of piperidine rings is 1. The van der Waals surface area contributed by atoms with Crippen molar-refractivity contribution in [2.45, 2.75) is 38.3 Å². The molecule has 0 aliphatic carbocycles. The van der Waals surface area contributed by atoms with Crippen LogP contribution >= 0.6 is 23.2 Å². The minimum absolute atomic E-state index is 0.179. The number of fused-ring (bicyclic) bond motifs is 1. The number of hydrogen-bond acceptors (Lipinski definition) is 4. The molecule has 2 unspecified atom stereocenters. The second-order valence-electron chi connectivity index (χ2n) is 6.84. The number of ether oxygens (including phenoxy) is 1. The second kappa shape index (κ2) is 7.62. The number of amides is 2. The Kier molecular flexibility index (Phi) is 5.19. The Hall–Kier alpha value is -2.28. The Labute approximate surface area is 172 Å². The standard InChI is InChI=1S/C20H18Cl2N2O4/c21-14-5-1-3-11(18(14)22)10-28-16-6-2-4-12-13(16)9-24(20(12)27)15-7-8-17(25)23-19(15)26/h1-6,15,19,26H,7-10H2,(H,23,25). The lowest BCUT2D eigenvalue weighted by atomic mass is 10.0. The maximum atomic E-state index is 12.9. The van der Waals surface area contributed by atoms with E-state index < -0.39 is 12.3 Å². The lowest BCUT2D eigenvalue weighted by Gasteiger charge is -2.35. The Morgan fingerprint density at radius 2 is 1.96 bits per heavy atom. The monoisotopic (exact) mass is 420 g/mol. The van der Waals surface area contributed by atoms with Crippen LogP contribution in [0.4, 0.5) is 0 Å². The first-order valence-corrected chi connectivity index (χ1v) is 9.67. The SMILES string of the molecule is O=C1CCC(N2Cc3c(OCc4cccc(Cl)c4Cl)cccc3C2=O)C(O)N1. The minimum atomic E-state index is -1.07. The molecular weight excluding hydrogens is 403 g/mol. The van der Waals surface area contributed by atoms with Gasteiger partial charge in [-0.25, -0.2) is 0 Å². The molecule has 28 heavy (non-hydrogen) atoms. The molecule has 6 nitrogen and oxygen atoms in total. The summed E-state index contributed by atoms with van der Waals surface area (Å²) in [5, 5.41) is 13.6. The zero-order chi connectivity index (χ0) is 19.8. The fourth-order valence-corrected chi connectivity index (χ4v) is 4.02. The number of nitrogens with one attached hydrogen (secondary N) is 1. The number of rotatable bonds is 4. The van der Waals surface area contributed by atoms with Crippen LogP contribution in [0.2, 0.25) is 10.0 Å². The predicted molar refractivity (Wildman–Crippen MR) is 104 cm³/mol. The average molecular weight is 421 g/mol. The van der Waals surface area contributed by atoms with Crippen LogP contribution in [0, 0.1) is 0 Å². The molecule has 2 heterocycles. The van der Waals surface area contributed by atoms with Crippen molar-refractivity contribution in [2.75, 3.05) is 0 Å². The van der Waals surface area contributed by atoms with Gasteiger partial charge in [0.1, 0.15) is 18.6 Å². The third kappa shape index (κ3) is 3.43. The summed E-state index contributed by atoms with van der Waals surface area (Å²) >= 11 is 12.3. The first kappa shape index (κ1) is 19.1. The Morgan fingerprint density at radius 3 is 2.75 bits per heavy atom. The third-order valence-corrected chi connectivity index (χ3v) is 5.97. The Morgan fingerprint density at radius 1 is 1.18 bits per heavy atom. The van der Waals surface area contributed by atoms with Crippen LogP contribution in [-0.4, -0.2) is 34.1 Å². The van der Waals surface area contributed by atoms with Gasteiger partial charge in [-0.3, -0.25) is 9.59 Å². The normalized spacial score (nSPS) is 21.5. The molecule has 1 saturated heterocycles. The van der Waals surface area contributed by atoms with Crippen molar-refractivity contribution in [3.8, 4) is 5.75 Å². The lowest BCUT2D eigenvalue weighted by Crippen LogP contribution is -2.55. The van der Waals surface area contributed by atoms with Gasteiger partial charge in [0.25, 0.3) is 5.91 Å². The summed E-state index contributed by atoms with van der Waals surface area (Å²) in [7, 11) is 0. The van der Waals surface area contributed by atoms with Gasteiger partial charge in [-0.15, -0.1) is 0 Å². The van der Waals surface area contributed by atoms with E-state index in [-0.39, 0.29) is 24.8 Å². The van der Waals surface area contributed by atoms with Crippen LogP contribution in [0.15, 0.2) is 36.4 Å². The highest BCUT2D eigenvalue weighted by Crippen LogP contribution is 2.35. The van der Waals surface area contributed by atoms with Crippen molar-refractivity contribution in [3.05, 3.63) is 63.1 Å². The summed E-state index contributed by atoms with van der Waals surface area (Å²) < 4.78 is 5.94. The Bertz CT molecular complexity index is 950. The molecule has 2 amide bonds. The second-order valence-corrected chi connectivity index (χ2v) is 7.62.